The highest BCUT2D eigenvalue weighted by atomic mass is 16.7. The van der Waals surface area contributed by atoms with Gasteiger partial charge in [0.2, 0.25) is 0 Å². The fourth-order valence-corrected chi connectivity index (χ4v) is 3.54. The maximum absolute atomic E-state index is 11.9. The molecule has 0 amide bonds. The van der Waals surface area contributed by atoms with Gasteiger partial charge in [0.25, 0.3) is 0 Å². The zero-order valence-corrected chi connectivity index (χ0v) is 19.3. The highest BCUT2D eigenvalue weighted by molar-refractivity contribution is 5.69. The van der Waals surface area contributed by atoms with Crippen LogP contribution in [0.2, 0.25) is 0 Å². The van der Waals surface area contributed by atoms with E-state index in [0.29, 0.717) is 25.6 Å². The van der Waals surface area contributed by atoms with Crippen molar-refractivity contribution in [3.8, 4) is 0 Å². The van der Waals surface area contributed by atoms with E-state index in [1.165, 1.54) is 70.6 Å². The molecule has 1 rings (SSSR count). The number of esters is 1. The van der Waals surface area contributed by atoms with Crippen LogP contribution in [0.25, 0.3) is 0 Å². The summed E-state index contributed by atoms with van der Waals surface area (Å²) in [5.41, 5.74) is 0. The van der Waals surface area contributed by atoms with Crippen molar-refractivity contribution in [2.45, 2.75) is 123 Å². The lowest BCUT2D eigenvalue weighted by Crippen LogP contribution is -2.40. The number of hydrogen-bond acceptors (Lipinski definition) is 4. The molecular formula is C25H46O4. The second-order valence-corrected chi connectivity index (χ2v) is 8.73. The van der Waals surface area contributed by atoms with E-state index in [0.717, 1.165) is 12.8 Å². The summed E-state index contributed by atoms with van der Waals surface area (Å²) in [4.78, 5) is 11.9. The first-order valence-corrected chi connectivity index (χ1v) is 12.2. The number of rotatable bonds is 17. The highest BCUT2D eigenvalue weighted by Gasteiger charge is 2.26. The summed E-state index contributed by atoms with van der Waals surface area (Å²) >= 11 is 0. The van der Waals surface area contributed by atoms with Crippen LogP contribution in [0.4, 0.5) is 0 Å². The van der Waals surface area contributed by atoms with Gasteiger partial charge in [0.05, 0.1) is 13.2 Å². The minimum Gasteiger partial charge on any atom is -0.457 e. The first-order valence-electron chi connectivity index (χ1n) is 12.2. The molecule has 0 aromatic rings. The summed E-state index contributed by atoms with van der Waals surface area (Å²) in [6.07, 6.45) is 21.2. The van der Waals surface area contributed by atoms with Crippen molar-refractivity contribution >= 4 is 5.97 Å². The highest BCUT2D eigenvalue weighted by Crippen LogP contribution is 2.16. The van der Waals surface area contributed by atoms with Gasteiger partial charge < -0.3 is 14.2 Å². The first-order chi connectivity index (χ1) is 14.1. The summed E-state index contributed by atoms with van der Waals surface area (Å²) in [6, 6.07) is 0. The summed E-state index contributed by atoms with van der Waals surface area (Å²) in [6.45, 7) is 7.28. The maximum Gasteiger partial charge on any atom is 0.306 e. The van der Waals surface area contributed by atoms with Gasteiger partial charge in [-0.25, -0.2) is 0 Å². The van der Waals surface area contributed by atoms with E-state index in [1.807, 2.05) is 0 Å². The molecule has 0 aliphatic carbocycles. The van der Waals surface area contributed by atoms with Crippen LogP contribution in [0.5, 0.6) is 0 Å². The van der Waals surface area contributed by atoms with E-state index in [2.05, 4.69) is 32.9 Å². The summed E-state index contributed by atoms with van der Waals surface area (Å²) in [5, 5.41) is 0. The van der Waals surface area contributed by atoms with Gasteiger partial charge in [0, 0.05) is 12.3 Å². The molecule has 1 fully saturated rings. The fourth-order valence-electron chi connectivity index (χ4n) is 3.54. The van der Waals surface area contributed by atoms with Crippen LogP contribution in [0, 0.1) is 5.92 Å². The van der Waals surface area contributed by atoms with E-state index in [9.17, 15) is 4.79 Å². The average Bonchev–Trinajstić information content (AvgIpc) is 2.71. The third-order valence-corrected chi connectivity index (χ3v) is 5.38. The number of ether oxygens (including phenoxy) is 3. The smallest absolute Gasteiger partial charge is 0.306 e. The molecule has 1 heterocycles. The average molecular weight is 411 g/mol. The molecule has 4 heteroatoms. The SMILES string of the molecule is CCCCCCCC/C=C/CCCCCCCC(=O)OC1COC(C(C)C)OC1. The maximum atomic E-state index is 11.9. The fraction of sp³-hybridized carbons (Fsp3) is 0.880. The molecule has 1 saturated heterocycles. The Morgan fingerprint density at radius 3 is 1.93 bits per heavy atom. The van der Waals surface area contributed by atoms with E-state index >= 15 is 0 Å². The van der Waals surface area contributed by atoms with E-state index < -0.39 is 0 Å². The molecule has 0 spiro atoms. The molecule has 0 radical (unpaired) electrons. The second kappa shape index (κ2) is 17.9. The number of allylic oxidation sites excluding steroid dienone is 2. The van der Waals surface area contributed by atoms with Crippen LogP contribution in [0.15, 0.2) is 12.2 Å². The van der Waals surface area contributed by atoms with Gasteiger partial charge in [-0.2, -0.15) is 0 Å². The van der Waals surface area contributed by atoms with Gasteiger partial charge in [-0.3, -0.25) is 4.79 Å². The zero-order chi connectivity index (χ0) is 21.2. The van der Waals surface area contributed by atoms with Crippen molar-refractivity contribution < 1.29 is 19.0 Å². The Kier molecular flexibility index (Phi) is 16.2. The molecule has 4 nitrogen and oxygen atoms in total. The van der Waals surface area contributed by atoms with Crippen molar-refractivity contribution in [1.82, 2.24) is 0 Å². The number of carbonyl (C=O) groups is 1. The Hall–Kier alpha value is -0.870. The van der Waals surface area contributed by atoms with Crippen molar-refractivity contribution in [1.29, 1.82) is 0 Å². The summed E-state index contributed by atoms with van der Waals surface area (Å²) in [5.74, 6) is 0.199. The van der Waals surface area contributed by atoms with E-state index in [1.54, 1.807) is 0 Å². The lowest BCUT2D eigenvalue weighted by atomic mass is 10.1. The van der Waals surface area contributed by atoms with Gasteiger partial charge in [-0.05, 0) is 32.1 Å². The third-order valence-electron chi connectivity index (χ3n) is 5.38. The largest absolute Gasteiger partial charge is 0.457 e. The number of hydrogen-bond donors (Lipinski definition) is 0. The van der Waals surface area contributed by atoms with Gasteiger partial charge >= 0.3 is 5.97 Å². The topological polar surface area (TPSA) is 44.8 Å². The Balaban J connectivity index is 1.85. The van der Waals surface area contributed by atoms with Crippen molar-refractivity contribution in [3.05, 3.63) is 12.2 Å². The lowest BCUT2D eigenvalue weighted by Gasteiger charge is -2.31. The number of unbranched alkanes of at least 4 members (excludes halogenated alkanes) is 11. The molecular weight excluding hydrogens is 364 g/mol. The Morgan fingerprint density at radius 2 is 1.38 bits per heavy atom. The first kappa shape index (κ1) is 26.2. The normalized spacial score (nSPS) is 19.9. The van der Waals surface area contributed by atoms with Crippen LogP contribution in [0.3, 0.4) is 0 Å². The molecule has 0 aromatic heterocycles. The zero-order valence-electron chi connectivity index (χ0n) is 19.3. The molecule has 1 aliphatic heterocycles. The van der Waals surface area contributed by atoms with Crippen LogP contribution < -0.4 is 0 Å². The van der Waals surface area contributed by atoms with E-state index in [-0.39, 0.29) is 18.4 Å². The molecule has 1 aliphatic rings. The van der Waals surface area contributed by atoms with Gasteiger partial charge in [-0.15, -0.1) is 0 Å². The Morgan fingerprint density at radius 1 is 0.862 bits per heavy atom. The molecule has 0 atom stereocenters. The van der Waals surface area contributed by atoms with Crippen molar-refractivity contribution in [2.24, 2.45) is 5.92 Å². The molecule has 0 aromatic carbocycles. The number of carbonyl (C=O) groups excluding carboxylic acids is 1. The Labute approximate surface area is 179 Å². The molecule has 0 unspecified atom stereocenters. The quantitative estimate of drug-likeness (QED) is 0.148. The third kappa shape index (κ3) is 14.7. The van der Waals surface area contributed by atoms with Crippen LogP contribution in [0.1, 0.15) is 111 Å². The molecule has 0 N–H and O–H groups in total. The molecule has 0 bridgehead atoms. The van der Waals surface area contributed by atoms with Crippen molar-refractivity contribution in [2.75, 3.05) is 13.2 Å². The van der Waals surface area contributed by atoms with Crippen LogP contribution in [-0.4, -0.2) is 31.6 Å². The molecule has 170 valence electrons. The minimum atomic E-state index is -0.249. The van der Waals surface area contributed by atoms with Gasteiger partial charge in [-0.1, -0.05) is 84.3 Å². The summed E-state index contributed by atoms with van der Waals surface area (Å²) < 4.78 is 16.6. The van der Waals surface area contributed by atoms with Gasteiger partial charge in [0.1, 0.15) is 6.10 Å². The van der Waals surface area contributed by atoms with Crippen LogP contribution >= 0.6 is 0 Å². The predicted octanol–water partition coefficient (Wildman–Crippen LogP) is 6.96. The van der Waals surface area contributed by atoms with Gasteiger partial charge in [0.15, 0.2) is 6.29 Å². The van der Waals surface area contributed by atoms with Crippen molar-refractivity contribution in [3.63, 3.8) is 0 Å². The standard InChI is InChI=1S/C25H46O4/c1-4-5-6-7-8-9-10-11-12-13-14-15-16-17-18-19-24(26)29-23-20-27-25(22(2)3)28-21-23/h11-12,22-23,25H,4-10,13-21H2,1-3H3/b12-11+. The predicted molar refractivity (Wildman–Crippen MR) is 120 cm³/mol. The van der Waals surface area contributed by atoms with Crippen LogP contribution in [-0.2, 0) is 19.0 Å². The molecule has 0 saturated carbocycles. The Bertz CT molecular complexity index is 411. The lowest BCUT2D eigenvalue weighted by molar-refractivity contribution is -0.239. The summed E-state index contributed by atoms with van der Waals surface area (Å²) in [7, 11) is 0. The minimum absolute atomic E-state index is 0.122. The van der Waals surface area contributed by atoms with E-state index in [4.69, 9.17) is 14.2 Å². The second-order valence-electron chi connectivity index (χ2n) is 8.73. The molecule has 29 heavy (non-hydrogen) atoms. The monoisotopic (exact) mass is 410 g/mol.